The van der Waals surface area contributed by atoms with Crippen molar-refractivity contribution in [2.45, 2.75) is 26.4 Å². The predicted molar refractivity (Wildman–Crippen MR) is 87.1 cm³/mol. The fourth-order valence-electron chi connectivity index (χ4n) is 2.10. The summed E-state index contributed by atoms with van der Waals surface area (Å²) in [4.78, 5) is 36.3. The molecule has 0 bridgehead atoms. The molecule has 0 fully saturated rings. The van der Waals surface area contributed by atoms with Crippen LogP contribution in [-0.4, -0.2) is 36.2 Å². The number of benzene rings is 1. The van der Waals surface area contributed by atoms with Gasteiger partial charge in [-0.2, -0.15) is 0 Å². The van der Waals surface area contributed by atoms with Gasteiger partial charge in [0.25, 0.3) is 5.91 Å². The van der Waals surface area contributed by atoms with Gasteiger partial charge in [-0.3, -0.25) is 4.79 Å². The Morgan fingerprint density at radius 3 is 2.36 bits per heavy atom. The highest BCUT2D eigenvalue weighted by atomic mass is 16.5. The Kier molecular flexibility index (Phi) is 5.89. The Bertz CT molecular complexity index is 783. The van der Waals surface area contributed by atoms with Gasteiger partial charge >= 0.3 is 11.9 Å². The van der Waals surface area contributed by atoms with Crippen LogP contribution in [0.25, 0.3) is 0 Å². The molecule has 1 unspecified atom stereocenters. The molecule has 8 nitrogen and oxygen atoms in total. The average molecular weight is 346 g/mol. The molecule has 0 saturated heterocycles. The van der Waals surface area contributed by atoms with Gasteiger partial charge in [-0.15, -0.1) is 0 Å². The monoisotopic (exact) mass is 346 g/mol. The first kappa shape index (κ1) is 18.2. The van der Waals surface area contributed by atoms with Gasteiger partial charge in [0, 0.05) is 6.07 Å². The number of methoxy groups -OCH3 is 1. The molecule has 0 saturated carbocycles. The zero-order valence-corrected chi connectivity index (χ0v) is 14.1. The molecule has 132 valence electrons. The van der Waals surface area contributed by atoms with Crippen LogP contribution < -0.4 is 5.32 Å². The van der Waals surface area contributed by atoms with Crippen molar-refractivity contribution in [1.29, 1.82) is 0 Å². The maximum Gasteiger partial charge on any atom is 0.339 e. The van der Waals surface area contributed by atoms with Crippen molar-refractivity contribution >= 4 is 23.7 Å². The molecule has 1 aromatic heterocycles. The summed E-state index contributed by atoms with van der Waals surface area (Å²) in [6, 6.07) is 7.60. The third kappa shape index (κ3) is 4.43. The number of nitrogens with zero attached hydrogens (tertiary/aromatic N) is 1. The molecular weight excluding hydrogens is 328 g/mol. The number of carbonyl (C=O) groups excluding carboxylic acids is 3. The highest BCUT2D eigenvalue weighted by Gasteiger charge is 2.25. The predicted octanol–water partition coefficient (Wildman–Crippen LogP) is 2.34. The van der Waals surface area contributed by atoms with E-state index in [0.717, 1.165) is 0 Å². The number of ether oxygens (including phenoxy) is 2. The van der Waals surface area contributed by atoms with E-state index < -0.39 is 23.9 Å². The van der Waals surface area contributed by atoms with Crippen LogP contribution in [0, 0.1) is 6.92 Å². The molecule has 0 radical (unpaired) electrons. The van der Waals surface area contributed by atoms with Crippen LogP contribution >= 0.6 is 0 Å². The van der Waals surface area contributed by atoms with Crippen molar-refractivity contribution in [3.05, 3.63) is 47.2 Å². The maximum absolute atomic E-state index is 12.4. The minimum absolute atomic E-state index is 0.0258. The van der Waals surface area contributed by atoms with Crippen molar-refractivity contribution < 1.29 is 28.4 Å². The summed E-state index contributed by atoms with van der Waals surface area (Å²) in [5.41, 5.74) is 0.0928. The van der Waals surface area contributed by atoms with Crippen LogP contribution in [0.4, 0.5) is 5.82 Å². The Labute approximate surface area is 144 Å². The lowest BCUT2D eigenvalue weighted by Gasteiger charge is -2.16. The van der Waals surface area contributed by atoms with Gasteiger partial charge in [-0.05, 0) is 25.5 Å². The fraction of sp³-hybridized carbons (Fsp3) is 0.294. The molecule has 25 heavy (non-hydrogen) atoms. The molecule has 2 rings (SSSR count). The van der Waals surface area contributed by atoms with Gasteiger partial charge in [-0.1, -0.05) is 24.2 Å². The number of nitrogens with one attached hydrogen (secondary N) is 1. The van der Waals surface area contributed by atoms with Gasteiger partial charge in [0.1, 0.15) is 5.76 Å². The van der Waals surface area contributed by atoms with Gasteiger partial charge in [0.05, 0.1) is 18.2 Å². The first-order valence-corrected chi connectivity index (χ1v) is 7.58. The molecule has 1 amide bonds. The Morgan fingerprint density at radius 2 is 1.84 bits per heavy atom. The van der Waals surface area contributed by atoms with Gasteiger partial charge < -0.3 is 19.3 Å². The van der Waals surface area contributed by atoms with Crippen molar-refractivity contribution in [2.24, 2.45) is 0 Å². The summed E-state index contributed by atoms with van der Waals surface area (Å²) < 4.78 is 14.7. The van der Waals surface area contributed by atoms with E-state index in [-0.39, 0.29) is 23.4 Å². The quantitative estimate of drug-likeness (QED) is 0.800. The number of esters is 2. The number of anilines is 1. The molecular formula is C17H18N2O6. The van der Waals surface area contributed by atoms with E-state index >= 15 is 0 Å². The molecule has 1 N–H and O–H groups in total. The second-order valence-electron chi connectivity index (χ2n) is 5.15. The lowest BCUT2D eigenvalue weighted by atomic mass is 10.1. The number of carbonyl (C=O) groups is 3. The van der Waals surface area contributed by atoms with E-state index in [9.17, 15) is 14.4 Å². The van der Waals surface area contributed by atoms with E-state index in [1.165, 1.54) is 19.2 Å². The molecule has 8 heteroatoms. The zero-order chi connectivity index (χ0) is 18.4. The lowest BCUT2D eigenvalue weighted by Crippen LogP contribution is -2.32. The first-order valence-electron chi connectivity index (χ1n) is 7.58. The smallest absolute Gasteiger partial charge is 0.339 e. The molecule has 1 aromatic carbocycles. The second kappa shape index (κ2) is 8.09. The summed E-state index contributed by atoms with van der Waals surface area (Å²) in [5, 5.41) is 6.16. The van der Waals surface area contributed by atoms with E-state index in [1.54, 1.807) is 32.0 Å². The summed E-state index contributed by atoms with van der Waals surface area (Å²) in [5.74, 6) is -1.23. The van der Waals surface area contributed by atoms with E-state index in [1.807, 2.05) is 0 Å². The number of hydrogen-bond acceptors (Lipinski definition) is 7. The Balaban J connectivity index is 2.12. The van der Waals surface area contributed by atoms with Crippen molar-refractivity contribution in [1.82, 2.24) is 5.16 Å². The molecule has 0 aliphatic rings. The Morgan fingerprint density at radius 1 is 1.20 bits per heavy atom. The summed E-state index contributed by atoms with van der Waals surface area (Å²) >= 11 is 0. The maximum atomic E-state index is 12.4. The van der Waals surface area contributed by atoms with E-state index in [0.29, 0.717) is 5.76 Å². The van der Waals surface area contributed by atoms with E-state index in [4.69, 9.17) is 9.26 Å². The molecule has 2 aromatic rings. The standard InChI is InChI=1S/C17H18N2O6/c1-4-13(15(20)18-14-9-10(2)25-19-14)24-17(22)12-8-6-5-7-11(12)16(21)23-3/h5-9,13H,4H2,1-3H3,(H,18,19,20). The highest BCUT2D eigenvalue weighted by Crippen LogP contribution is 2.15. The highest BCUT2D eigenvalue weighted by molar-refractivity contribution is 6.04. The SMILES string of the molecule is CCC(OC(=O)c1ccccc1C(=O)OC)C(=O)Nc1cc(C)on1. The summed E-state index contributed by atoms with van der Waals surface area (Å²) in [7, 11) is 1.21. The lowest BCUT2D eigenvalue weighted by molar-refractivity contribution is -0.124. The van der Waals surface area contributed by atoms with E-state index in [2.05, 4.69) is 15.2 Å². The topological polar surface area (TPSA) is 108 Å². The normalized spacial score (nSPS) is 11.5. The van der Waals surface area contributed by atoms with Gasteiger partial charge in [0.2, 0.25) is 0 Å². The molecule has 0 spiro atoms. The number of amides is 1. The van der Waals surface area contributed by atoms with Crippen LogP contribution in [0.5, 0.6) is 0 Å². The molecule has 0 aliphatic heterocycles. The largest absolute Gasteiger partial charge is 0.465 e. The van der Waals surface area contributed by atoms with Crippen LogP contribution in [0.1, 0.15) is 39.8 Å². The third-order valence-electron chi connectivity index (χ3n) is 3.34. The number of rotatable bonds is 6. The van der Waals surface area contributed by atoms with Crippen LogP contribution in [0.15, 0.2) is 34.9 Å². The van der Waals surface area contributed by atoms with Crippen LogP contribution in [-0.2, 0) is 14.3 Å². The van der Waals surface area contributed by atoms with Crippen molar-refractivity contribution in [3.63, 3.8) is 0 Å². The van der Waals surface area contributed by atoms with Gasteiger partial charge in [-0.25, -0.2) is 9.59 Å². The number of hydrogen-bond donors (Lipinski definition) is 1. The molecule has 1 atom stereocenters. The fourth-order valence-corrected chi connectivity index (χ4v) is 2.10. The van der Waals surface area contributed by atoms with Crippen LogP contribution in [0.2, 0.25) is 0 Å². The minimum atomic E-state index is -1.05. The third-order valence-corrected chi connectivity index (χ3v) is 3.34. The van der Waals surface area contributed by atoms with Crippen molar-refractivity contribution in [3.8, 4) is 0 Å². The van der Waals surface area contributed by atoms with Crippen LogP contribution in [0.3, 0.4) is 0 Å². The molecule has 1 heterocycles. The average Bonchev–Trinajstić information content (AvgIpc) is 3.03. The number of aryl methyl sites for hydroxylation is 1. The zero-order valence-electron chi connectivity index (χ0n) is 14.1. The Hall–Kier alpha value is -3.16. The summed E-state index contributed by atoms with van der Waals surface area (Å²) in [6.45, 7) is 3.38. The first-order chi connectivity index (χ1) is 12.0. The van der Waals surface area contributed by atoms with Crippen molar-refractivity contribution in [2.75, 3.05) is 12.4 Å². The summed E-state index contributed by atoms with van der Waals surface area (Å²) in [6.07, 6.45) is -0.801. The minimum Gasteiger partial charge on any atom is -0.465 e. The number of aromatic nitrogens is 1. The second-order valence-corrected chi connectivity index (χ2v) is 5.15. The van der Waals surface area contributed by atoms with Gasteiger partial charge in [0.15, 0.2) is 11.9 Å². The molecule has 0 aliphatic carbocycles.